The molecule has 2 N–H and O–H groups in total. The topological polar surface area (TPSA) is 102 Å². The third kappa shape index (κ3) is 6.08. The van der Waals surface area contributed by atoms with E-state index in [4.69, 9.17) is 9.47 Å². The van der Waals surface area contributed by atoms with Crippen LogP contribution in [0, 0.1) is 0 Å². The summed E-state index contributed by atoms with van der Waals surface area (Å²) >= 11 is 0. The van der Waals surface area contributed by atoms with Gasteiger partial charge in [0.1, 0.15) is 0 Å². The zero-order valence-corrected chi connectivity index (χ0v) is 17.4. The lowest BCUT2D eigenvalue weighted by atomic mass is 10.2. The second-order valence-electron chi connectivity index (χ2n) is 6.66. The van der Waals surface area contributed by atoms with E-state index < -0.39 is 9.84 Å². The third-order valence-electron chi connectivity index (χ3n) is 4.42. The molecule has 1 aliphatic rings. The fourth-order valence-electron chi connectivity index (χ4n) is 2.98. The van der Waals surface area contributed by atoms with Crippen LogP contribution in [0.1, 0.15) is 18.9 Å². The van der Waals surface area contributed by atoms with Crippen molar-refractivity contribution in [2.75, 3.05) is 25.2 Å². The Morgan fingerprint density at radius 1 is 1.24 bits per heavy atom. The fourth-order valence-corrected chi connectivity index (χ4v) is 4.65. The molecule has 1 atom stereocenters. The van der Waals surface area contributed by atoms with Crippen molar-refractivity contribution in [2.24, 2.45) is 4.99 Å². The first-order valence-corrected chi connectivity index (χ1v) is 11.3. The van der Waals surface area contributed by atoms with Crippen molar-refractivity contribution in [3.63, 3.8) is 0 Å². The Morgan fingerprint density at radius 3 is 2.66 bits per heavy atom. The Kier molecular flexibility index (Phi) is 6.92. The Labute approximate surface area is 171 Å². The third-order valence-corrected chi connectivity index (χ3v) is 6.19. The molecule has 1 saturated heterocycles. The highest BCUT2D eigenvalue weighted by atomic mass is 32.2. The molecule has 1 aromatic carbocycles. The number of sulfone groups is 1. The lowest BCUT2D eigenvalue weighted by Gasteiger charge is -2.16. The summed E-state index contributed by atoms with van der Waals surface area (Å²) in [6.07, 6.45) is 2.32. The van der Waals surface area contributed by atoms with Gasteiger partial charge in [0.25, 0.3) is 0 Å². The average molecular weight is 419 g/mol. The summed E-state index contributed by atoms with van der Waals surface area (Å²) in [7, 11) is -1.28. The van der Waals surface area contributed by atoms with Crippen molar-refractivity contribution in [1.29, 1.82) is 0 Å². The van der Waals surface area contributed by atoms with E-state index in [2.05, 4.69) is 20.6 Å². The maximum Gasteiger partial charge on any atom is 0.219 e. The van der Waals surface area contributed by atoms with Crippen LogP contribution >= 0.6 is 0 Å². The van der Waals surface area contributed by atoms with E-state index in [9.17, 15) is 8.42 Å². The summed E-state index contributed by atoms with van der Waals surface area (Å²) in [6.45, 7) is 2.98. The molecule has 0 radical (unpaired) electrons. The minimum Gasteiger partial charge on any atom is -0.490 e. The molecule has 156 valence electrons. The summed E-state index contributed by atoms with van der Waals surface area (Å²) in [5.74, 6) is 2.69. The standard InChI is InChI=1S/C20H26N4O4S/c1-3-27-17-6-4-5-7-18(17)28-19-9-8-15(12-22-19)13-23-20(21-2)24-16-10-11-29(25,26)14-16/h4-9,12,16H,3,10-11,13-14H2,1-2H3,(H2,21,23,24). The van der Waals surface area contributed by atoms with Gasteiger partial charge >= 0.3 is 0 Å². The molecule has 2 heterocycles. The van der Waals surface area contributed by atoms with E-state index in [1.165, 1.54) is 0 Å². The number of guanidine groups is 1. The van der Waals surface area contributed by atoms with Crippen LogP contribution in [0.3, 0.4) is 0 Å². The maximum absolute atomic E-state index is 11.6. The predicted octanol–water partition coefficient (Wildman–Crippen LogP) is 2.12. The summed E-state index contributed by atoms with van der Waals surface area (Å²) in [5, 5.41) is 6.33. The van der Waals surface area contributed by atoms with Crippen LogP contribution in [-0.2, 0) is 16.4 Å². The molecular formula is C20H26N4O4S. The van der Waals surface area contributed by atoms with E-state index in [1.54, 1.807) is 19.3 Å². The molecule has 0 saturated carbocycles. The number of nitrogens with one attached hydrogen (secondary N) is 2. The molecule has 1 aromatic heterocycles. The van der Waals surface area contributed by atoms with E-state index in [-0.39, 0.29) is 17.5 Å². The van der Waals surface area contributed by atoms with Gasteiger partial charge in [0.2, 0.25) is 5.88 Å². The first-order chi connectivity index (χ1) is 14.0. The van der Waals surface area contributed by atoms with Crippen LogP contribution in [0.2, 0.25) is 0 Å². The van der Waals surface area contributed by atoms with Gasteiger partial charge in [-0.2, -0.15) is 0 Å². The molecule has 2 aromatic rings. The van der Waals surface area contributed by atoms with Crippen molar-refractivity contribution in [1.82, 2.24) is 15.6 Å². The molecule has 0 aliphatic carbocycles. The van der Waals surface area contributed by atoms with Gasteiger partial charge in [0.05, 0.1) is 18.1 Å². The monoisotopic (exact) mass is 418 g/mol. The van der Waals surface area contributed by atoms with Crippen molar-refractivity contribution in [3.8, 4) is 17.4 Å². The zero-order valence-electron chi connectivity index (χ0n) is 16.6. The number of hydrogen-bond donors (Lipinski definition) is 2. The second-order valence-corrected chi connectivity index (χ2v) is 8.89. The quantitative estimate of drug-likeness (QED) is 0.525. The molecule has 1 aliphatic heterocycles. The highest BCUT2D eigenvalue weighted by molar-refractivity contribution is 7.91. The number of ether oxygens (including phenoxy) is 2. The first-order valence-electron chi connectivity index (χ1n) is 9.51. The average Bonchev–Trinajstić information content (AvgIpc) is 3.06. The van der Waals surface area contributed by atoms with Gasteiger partial charge in [-0.3, -0.25) is 4.99 Å². The number of nitrogens with zero attached hydrogens (tertiary/aromatic N) is 2. The number of benzene rings is 1. The molecule has 1 fully saturated rings. The normalized spacial score (nSPS) is 18.3. The first kappa shape index (κ1) is 20.9. The molecule has 3 rings (SSSR count). The number of aliphatic imine (C=N–C) groups is 1. The van der Waals surface area contributed by atoms with Crippen molar-refractivity contribution in [2.45, 2.75) is 25.9 Å². The SMILES string of the molecule is CCOc1ccccc1Oc1ccc(CNC(=NC)NC2CCS(=O)(=O)C2)cn1. The second kappa shape index (κ2) is 9.60. The van der Waals surface area contributed by atoms with E-state index in [0.717, 1.165) is 5.56 Å². The molecule has 0 amide bonds. The summed E-state index contributed by atoms with van der Waals surface area (Å²) in [6, 6.07) is 11.1. The van der Waals surface area contributed by atoms with Crippen molar-refractivity contribution in [3.05, 3.63) is 48.2 Å². The number of pyridine rings is 1. The van der Waals surface area contributed by atoms with Crippen LogP contribution in [0.25, 0.3) is 0 Å². The summed E-state index contributed by atoms with van der Waals surface area (Å²) in [5.41, 5.74) is 0.942. The maximum atomic E-state index is 11.6. The predicted molar refractivity (Wildman–Crippen MR) is 112 cm³/mol. The van der Waals surface area contributed by atoms with E-state index in [0.29, 0.717) is 42.9 Å². The summed E-state index contributed by atoms with van der Waals surface area (Å²) < 4.78 is 34.5. The van der Waals surface area contributed by atoms with Gasteiger partial charge in [0, 0.05) is 31.9 Å². The molecular weight excluding hydrogens is 392 g/mol. The largest absolute Gasteiger partial charge is 0.490 e. The highest BCUT2D eigenvalue weighted by Crippen LogP contribution is 2.30. The zero-order chi connectivity index (χ0) is 20.7. The Bertz CT molecular complexity index is 945. The number of aromatic nitrogens is 1. The van der Waals surface area contributed by atoms with E-state index >= 15 is 0 Å². The number of para-hydroxylation sites is 2. The van der Waals surface area contributed by atoms with Crippen LogP contribution in [-0.4, -0.2) is 50.6 Å². The van der Waals surface area contributed by atoms with Crippen LogP contribution in [0.4, 0.5) is 0 Å². The molecule has 29 heavy (non-hydrogen) atoms. The lowest BCUT2D eigenvalue weighted by molar-refractivity contribution is 0.319. The Morgan fingerprint density at radius 2 is 2.03 bits per heavy atom. The van der Waals surface area contributed by atoms with Crippen LogP contribution in [0.5, 0.6) is 17.4 Å². The molecule has 9 heteroatoms. The van der Waals surface area contributed by atoms with Gasteiger partial charge in [0.15, 0.2) is 27.3 Å². The number of rotatable bonds is 7. The van der Waals surface area contributed by atoms with Gasteiger partial charge in [-0.05, 0) is 31.0 Å². The van der Waals surface area contributed by atoms with Crippen LogP contribution in [0.15, 0.2) is 47.6 Å². The number of hydrogen-bond acceptors (Lipinski definition) is 6. The highest BCUT2D eigenvalue weighted by Gasteiger charge is 2.28. The molecule has 0 bridgehead atoms. The Balaban J connectivity index is 1.54. The molecule has 0 spiro atoms. The van der Waals surface area contributed by atoms with Gasteiger partial charge in [-0.15, -0.1) is 0 Å². The summed E-state index contributed by atoms with van der Waals surface area (Å²) in [4.78, 5) is 8.50. The minimum absolute atomic E-state index is 0.106. The molecule has 1 unspecified atom stereocenters. The van der Waals surface area contributed by atoms with Gasteiger partial charge in [-0.1, -0.05) is 18.2 Å². The lowest BCUT2D eigenvalue weighted by Crippen LogP contribution is -2.43. The van der Waals surface area contributed by atoms with Crippen molar-refractivity contribution < 1.29 is 17.9 Å². The smallest absolute Gasteiger partial charge is 0.219 e. The van der Waals surface area contributed by atoms with Gasteiger partial charge < -0.3 is 20.1 Å². The Hall–Kier alpha value is -2.81. The van der Waals surface area contributed by atoms with E-state index in [1.807, 2.05) is 37.3 Å². The van der Waals surface area contributed by atoms with Crippen molar-refractivity contribution >= 4 is 15.8 Å². The van der Waals surface area contributed by atoms with Gasteiger partial charge in [-0.25, -0.2) is 13.4 Å². The molecule has 8 nitrogen and oxygen atoms in total. The van der Waals surface area contributed by atoms with Crippen LogP contribution < -0.4 is 20.1 Å². The minimum atomic E-state index is -2.93. The fraction of sp³-hybridized carbons (Fsp3) is 0.400.